The fourth-order valence-electron chi connectivity index (χ4n) is 3.40. The van der Waals surface area contributed by atoms with Crippen molar-refractivity contribution in [1.29, 1.82) is 0 Å². The van der Waals surface area contributed by atoms with E-state index in [-0.39, 0.29) is 11.4 Å². The molecule has 0 saturated carbocycles. The van der Waals surface area contributed by atoms with E-state index in [4.69, 9.17) is 4.42 Å². The van der Waals surface area contributed by atoms with Crippen LogP contribution in [0.4, 0.5) is 11.4 Å². The first-order chi connectivity index (χ1) is 16.0. The minimum atomic E-state index is -0.492. The molecule has 0 radical (unpaired) electrons. The molecule has 0 atom stereocenters. The molecule has 2 heterocycles. The van der Waals surface area contributed by atoms with Gasteiger partial charge in [-0.25, -0.2) is 9.67 Å². The van der Waals surface area contributed by atoms with E-state index in [0.29, 0.717) is 28.5 Å². The number of aromatic nitrogens is 4. The SMILES string of the molecule is Cc1c(C(=O)Nc2ccc(-c3nc4ccccc4o3)cc2)nnn1-c1cccc([N+](=O)[O-])c1. The molecule has 0 fully saturated rings. The number of nitro benzene ring substituents is 1. The van der Waals surface area contributed by atoms with Gasteiger partial charge in [-0.3, -0.25) is 14.9 Å². The summed E-state index contributed by atoms with van der Waals surface area (Å²) in [7, 11) is 0. The van der Waals surface area contributed by atoms with E-state index in [2.05, 4.69) is 20.6 Å². The van der Waals surface area contributed by atoms with Crippen LogP contribution in [-0.4, -0.2) is 30.8 Å². The largest absolute Gasteiger partial charge is 0.436 e. The summed E-state index contributed by atoms with van der Waals surface area (Å²) in [5, 5.41) is 21.8. The number of anilines is 1. The lowest BCUT2D eigenvalue weighted by Crippen LogP contribution is -2.14. The summed E-state index contributed by atoms with van der Waals surface area (Å²) in [6.45, 7) is 1.67. The van der Waals surface area contributed by atoms with Crippen molar-refractivity contribution in [2.24, 2.45) is 0 Å². The zero-order valence-corrected chi connectivity index (χ0v) is 17.3. The number of benzene rings is 3. The number of para-hydroxylation sites is 2. The van der Waals surface area contributed by atoms with Crippen LogP contribution in [0.15, 0.2) is 77.2 Å². The maximum absolute atomic E-state index is 12.8. The Bertz CT molecular complexity index is 1470. The summed E-state index contributed by atoms with van der Waals surface area (Å²) in [6.07, 6.45) is 0. The van der Waals surface area contributed by atoms with Crippen LogP contribution in [-0.2, 0) is 0 Å². The van der Waals surface area contributed by atoms with Gasteiger partial charge in [0.25, 0.3) is 11.6 Å². The Kier molecular flexibility index (Phi) is 4.87. The van der Waals surface area contributed by atoms with Gasteiger partial charge in [0.1, 0.15) is 5.52 Å². The van der Waals surface area contributed by atoms with Gasteiger partial charge in [-0.15, -0.1) is 5.10 Å². The molecule has 162 valence electrons. The van der Waals surface area contributed by atoms with Crippen molar-refractivity contribution in [2.75, 3.05) is 5.32 Å². The average Bonchev–Trinajstić information content (AvgIpc) is 3.43. The quantitative estimate of drug-likeness (QED) is 0.314. The molecule has 0 saturated heterocycles. The molecule has 5 aromatic rings. The molecule has 1 N–H and O–H groups in total. The van der Waals surface area contributed by atoms with Gasteiger partial charge < -0.3 is 9.73 Å². The Morgan fingerprint density at radius 2 is 1.85 bits per heavy atom. The summed E-state index contributed by atoms with van der Waals surface area (Å²) in [6, 6.07) is 20.5. The summed E-state index contributed by atoms with van der Waals surface area (Å²) >= 11 is 0. The number of nitrogens with one attached hydrogen (secondary N) is 1. The van der Waals surface area contributed by atoms with Crippen LogP contribution in [0.5, 0.6) is 0 Å². The number of fused-ring (bicyclic) bond motifs is 1. The molecule has 5 rings (SSSR count). The standard InChI is InChI=1S/C23H16N6O4/c1-14-21(26-27-28(14)17-5-4-6-18(13-17)29(31)32)22(30)24-16-11-9-15(10-12-16)23-25-19-7-2-3-8-20(19)33-23/h2-13H,1H3,(H,24,30). The number of rotatable bonds is 5. The normalized spacial score (nSPS) is 10.9. The minimum absolute atomic E-state index is 0.0764. The van der Waals surface area contributed by atoms with Crippen molar-refractivity contribution in [2.45, 2.75) is 6.92 Å². The first-order valence-electron chi connectivity index (χ1n) is 9.94. The third-order valence-corrected chi connectivity index (χ3v) is 5.08. The van der Waals surface area contributed by atoms with Crippen molar-refractivity contribution in [1.82, 2.24) is 20.0 Å². The fourth-order valence-corrected chi connectivity index (χ4v) is 3.40. The van der Waals surface area contributed by atoms with Gasteiger partial charge in [0.15, 0.2) is 11.3 Å². The summed E-state index contributed by atoms with van der Waals surface area (Å²) < 4.78 is 7.15. The van der Waals surface area contributed by atoms with Gasteiger partial charge in [0, 0.05) is 23.4 Å². The Hall–Kier alpha value is -4.86. The van der Waals surface area contributed by atoms with Gasteiger partial charge in [0.2, 0.25) is 5.89 Å². The lowest BCUT2D eigenvalue weighted by atomic mass is 10.2. The highest BCUT2D eigenvalue weighted by Crippen LogP contribution is 2.25. The number of nitro groups is 1. The second-order valence-corrected chi connectivity index (χ2v) is 7.23. The maximum Gasteiger partial charge on any atom is 0.278 e. The van der Waals surface area contributed by atoms with E-state index in [1.165, 1.54) is 16.8 Å². The molecule has 0 spiro atoms. The number of carbonyl (C=O) groups is 1. The van der Waals surface area contributed by atoms with Gasteiger partial charge in [0.05, 0.1) is 16.3 Å². The molecule has 0 aliphatic carbocycles. The number of oxazole rings is 1. The van der Waals surface area contributed by atoms with Crippen LogP contribution in [0, 0.1) is 17.0 Å². The zero-order chi connectivity index (χ0) is 22.9. The third kappa shape index (κ3) is 3.81. The molecule has 33 heavy (non-hydrogen) atoms. The highest BCUT2D eigenvalue weighted by atomic mass is 16.6. The van der Waals surface area contributed by atoms with Crippen LogP contribution >= 0.6 is 0 Å². The van der Waals surface area contributed by atoms with Crippen LogP contribution in [0.1, 0.15) is 16.2 Å². The van der Waals surface area contributed by atoms with E-state index < -0.39 is 10.8 Å². The molecule has 0 aliphatic rings. The number of carbonyl (C=O) groups excluding carboxylic acids is 1. The first-order valence-corrected chi connectivity index (χ1v) is 9.94. The van der Waals surface area contributed by atoms with E-state index in [0.717, 1.165) is 11.1 Å². The van der Waals surface area contributed by atoms with Crippen LogP contribution in [0.25, 0.3) is 28.2 Å². The summed E-state index contributed by atoms with van der Waals surface area (Å²) in [4.78, 5) is 27.8. The Balaban J connectivity index is 1.35. The van der Waals surface area contributed by atoms with Crippen molar-refractivity contribution in [3.8, 4) is 17.1 Å². The third-order valence-electron chi connectivity index (χ3n) is 5.08. The van der Waals surface area contributed by atoms with Crippen molar-refractivity contribution in [3.63, 3.8) is 0 Å². The van der Waals surface area contributed by atoms with Crippen molar-refractivity contribution < 1.29 is 14.1 Å². The highest BCUT2D eigenvalue weighted by molar-refractivity contribution is 6.03. The van der Waals surface area contributed by atoms with E-state index in [9.17, 15) is 14.9 Å². The summed E-state index contributed by atoms with van der Waals surface area (Å²) in [5.41, 5.74) is 3.74. The molecule has 2 aromatic heterocycles. The van der Waals surface area contributed by atoms with E-state index >= 15 is 0 Å². The Morgan fingerprint density at radius 1 is 1.06 bits per heavy atom. The number of hydrogen-bond donors (Lipinski definition) is 1. The van der Waals surface area contributed by atoms with Gasteiger partial charge in [-0.2, -0.15) is 0 Å². The Morgan fingerprint density at radius 3 is 2.61 bits per heavy atom. The van der Waals surface area contributed by atoms with Gasteiger partial charge in [-0.05, 0) is 49.4 Å². The molecule has 1 amide bonds. The van der Waals surface area contributed by atoms with E-state index in [1.807, 2.05) is 24.3 Å². The van der Waals surface area contributed by atoms with Gasteiger partial charge in [-0.1, -0.05) is 23.4 Å². The van der Waals surface area contributed by atoms with Crippen molar-refractivity contribution >= 4 is 28.4 Å². The second kappa shape index (κ2) is 8.00. The molecule has 0 bridgehead atoms. The molecule has 0 unspecified atom stereocenters. The number of amides is 1. The lowest BCUT2D eigenvalue weighted by Gasteiger charge is -2.06. The predicted octanol–water partition coefficient (Wildman–Crippen LogP) is 4.54. The number of non-ortho nitro benzene ring substituents is 1. The molecule has 10 heteroatoms. The minimum Gasteiger partial charge on any atom is -0.436 e. The van der Waals surface area contributed by atoms with E-state index in [1.54, 1.807) is 43.3 Å². The number of nitrogens with zero attached hydrogens (tertiary/aromatic N) is 5. The lowest BCUT2D eigenvalue weighted by molar-refractivity contribution is -0.384. The highest BCUT2D eigenvalue weighted by Gasteiger charge is 2.19. The smallest absolute Gasteiger partial charge is 0.278 e. The predicted molar refractivity (Wildman–Crippen MR) is 120 cm³/mol. The Labute approximate surface area is 186 Å². The molecule has 0 aliphatic heterocycles. The molecule has 10 nitrogen and oxygen atoms in total. The van der Waals surface area contributed by atoms with Crippen LogP contribution in [0.2, 0.25) is 0 Å². The molecular weight excluding hydrogens is 424 g/mol. The molecule has 3 aromatic carbocycles. The van der Waals surface area contributed by atoms with Crippen LogP contribution in [0.3, 0.4) is 0 Å². The van der Waals surface area contributed by atoms with Gasteiger partial charge >= 0.3 is 0 Å². The number of hydrogen-bond acceptors (Lipinski definition) is 7. The zero-order valence-electron chi connectivity index (χ0n) is 17.3. The fraction of sp³-hybridized carbons (Fsp3) is 0.0435. The molecular formula is C23H16N6O4. The van der Waals surface area contributed by atoms with Crippen LogP contribution < -0.4 is 5.32 Å². The first kappa shape index (κ1) is 20.1. The topological polar surface area (TPSA) is 129 Å². The second-order valence-electron chi connectivity index (χ2n) is 7.23. The monoisotopic (exact) mass is 440 g/mol. The maximum atomic E-state index is 12.8. The average molecular weight is 440 g/mol. The summed E-state index contributed by atoms with van der Waals surface area (Å²) in [5.74, 6) is 0.0450. The van der Waals surface area contributed by atoms with Crippen molar-refractivity contribution in [3.05, 3.63) is 94.3 Å².